The first kappa shape index (κ1) is 17.0. The van der Waals surface area contributed by atoms with Crippen molar-refractivity contribution >= 4 is 26.7 Å². The van der Waals surface area contributed by atoms with Crippen LogP contribution in [0.4, 0.5) is 0 Å². The second-order valence-electron chi connectivity index (χ2n) is 6.33. The van der Waals surface area contributed by atoms with Crippen LogP contribution in [-0.2, 0) is 15.6 Å². The third-order valence-electron chi connectivity index (χ3n) is 4.38. The summed E-state index contributed by atoms with van der Waals surface area (Å²) in [6, 6.07) is 7.29. The van der Waals surface area contributed by atoms with Crippen molar-refractivity contribution in [3.05, 3.63) is 35.6 Å². The molecule has 3 rings (SSSR count). The van der Waals surface area contributed by atoms with Gasteiger partial charge >= 0.3 is 0 Å². The molecule has 1 fully saturated rings. The summed E-state index contributed by atoms with van der Waals surface area (Å²) in [7, 11) is -1.43. The number of carbonyl (C=O) groups excluding carboxylic acids is 1. The number of benzene rings is 1. The van der Waals surface area contributed by atoms with E-state index in [2.05, 4.69) is 5.32 Å². The molecule has 0 spiro atoms. The summed E-state index contributed by atoms with van der Waals surface area (Å²) in [5.74, 6) is -0.262. The number of rotatable bonds is 5. The highest BCUT2D eigenvalue weighted by atomic mass is 32.2. The van der Waals surface area contributed by atoms with E-state index in [-0.39, 0.29) is 23.5 Å². The number of fused-ring (bicyclic) bond motifs is 1. The molecule has 0 radical (unpaired) electrons. The number of likely N-dealkylation sites (tertiary alicyclic amines) is 1. The van der Waals surface area contributed by atoms with Gasteiger partial charge in [0.2, 0.25) is 0 Å². The lowest BCUT2D eigenvalue weighted by Gasteiger charge is -2.23. The minimum atomic E-state index is -3.28. The Bertz CT molecular complexity index is 857. The number of likely N-dealkylation sites (N-methyl/N-ethyl adjacent to an activating group) is 1. The summed E-state index contributed by atoms with van der Waals surface area (Å²) in [5.41, 5.74) is 1.01. The average Bonchev–Trinajstić information content (AvgIpc) is 3.11. The Morgan fingerprint density at radius 1 is 1.38 bits per heavy atom. The SMILES string of the molecule is CNC[C@H]1CCCN1C(=O)c1oc2ccccc2c1CS(C)(=O)=O. The molecule has 1 aromatic carbocycles. The molecule has 1 aliphatic heterocycles. The Hall–Kier alpha value is -1.86. The largest absolute Gasteiger partial charge is 0.451 e. The zero-order valence-corrected chi connectivity index (χ0v) is 14.7. The number of amides is 1. The smallest absolute Gasteiger partial charge is 0.290 e. The zero-order chi connectivity index (χ0) is 17.3. The van der Waals surface area contributed by atoms with Gasteiger partial charge in [-0.05, 0) is 26.0 Å². The lowest BCUT2D eigenvalue weighted by atomic mass is 10.1. The molecule has 24 heavy (non-hydrogen) atoms. The summed E-state index contributed by atoms with van der Waals surface area (Å²) >= 11 is 0. The summed E-state index contributed by atoms with van der Waals surface area (Å²) in [4.78, 5) is 14.8. The van der Waals surface area contributed by atoms with Gasteiger partial charge in [-0.3, -0.25) is 4.79 Å². The van der Waals surface area contributed by atoms with Crippen LogP contribution < -0.4 is 5.32 Å². The third-order valence-corrected chi connectivity index (χ3v) is 5.19. The first-order chi connectivity index (χ1) is 11.4. The maximum atomic E-state index is 13.0. The molecule has 0 bridgehead atoms. The van der Waals surface area contributed by atoms with Gasteiger partial charge in [-0.25, -0.2) is 8.42 Å². The van der Waals surface area contributed by atoms with E-state index >= 15 is 0 Å². The van der Waals surface area contributed by atoms with Crippen molar-refractivity contribution in [3.8, 4) is 0 Å². The van der Waals surface area contributed by atoms with E-state index in [4.69, 9.17) is 4.42 Å². The van der Waals surface area contributed by atoms with Crippen LogP contribution in [0.3, 0.4) is 0 Å². The van der Waals surface area contributed by atoms with Crippen LogP contribution in [0.15, 0.2) is 28.7 Å². The Balaban J connectivity index is 2.04. The summed E-state index contributed by atoms with van der Waals surface area (Å²) in [6.07, 6.45) is 3.05. The summed E-state index contributed by atoms with van der Waals surface area (Å²) in [5, 5.41) is 3.80. The minimum absolute atomic E-state index is 0.113. The molecule has 1 atom stereocenters. The highest BCUT2D eigenvalue weighted by molar-refractivity contribution is 7.89. The van der Waals surface area contributed by atoms with Crippen LogP contribution in [0.5, 0.6) is 0 Å². The summed E-state index contributed by atoms with van der Waals surface area (Å²) < 4.78 is 29.4. The van der Waals surface area contributed by atoms with E-state index in [1.54, 1.807) is 17.0 Å². The Kier molecular flexibility index (Phi) is 4.64. The maximum Gasteiger partial charge on any atom is 0.290 e. The molecule has 0 aliphatic carbocycles. The molecule has 1 N–H and O–H groups in total. The Labute approximate surface area is 141 Å². The standard InChI is InChI=1S/C17H22N2O4S/c1-18-10-12-6-5-9-19(12)17(20)16-14(11-24(2,21)22)13-7-3-4-8-15(13)23-16/h3-4,7-8,12,18H,5-6,9-11H2,1-2H3/t12-/m1/s1. The molecule has 6 nitrogen and oxygen atoms in total. The molecule has 2 heterocycles. The van der Waals surface area contributed by atoms with E-state index < -0.39 is 9.84 Å². The number of para-hydroxylation sites is 1. The fraction of sp³-hybridized carbons (Fsp3) is 0.471. The second-order valence-corrected chi connectivity index (χ2v) is 8.47. The quantitative estimate of drug-likeness (QED) is 0.889. The number of hydrogen-bond acceptors (Lipinski definition) is 5. The summed E-state index contributed by atoms with van der Waals surface area (Å²) in [6.45, 7) is 1.38. The van der Waals surface area contributed by atoms with Crippen molar-refractivity contribution in [2.45, 2.75) is 24.6 Å². The van der Waals surface area contributed by atoms with Crippen LogP contribution >= 0.6 is 0 Å². The van der Waals surface area contributed by atoms with E-state index in [1.807, 2.05) is 19.2 Å². The van der Waals surface area contributed by atoms with Crippen LogP contribution in [-0.4, -0.2) is 51.7 Å². The fourth-order valence-electron chi connectivity index (χ4n) is 3.36. The van der Waals surface area contributed by atoms with Gasteiger partial charge in [-0.15, -0.1) is 0 Å². The van der Waals surface area contributed by atoms with Gasteiger partial charge in [-0.2, -0.15) is 0 Å². The van der Waals surface area contributed by atoms with Crippen LogP contribution in [0.25, 0.3) is 11.0 Å². The Morgan fingerprint density at radius 3 is 2.83 bits per heavy atom. The number of furan rings is 1. The second kappa shape index (κ2) is 6.57. The molecule has 1 aromatic heterocycles. The average molecular weight is 350 g/mol. The van der Waals surface area contributed by atoms with Crippen molar-refractivity contribution in [2.75, 3.05) is 26.4 Å². The first-order valence-corrected chi connectivity index (χ1v) is 10.1. The lowest BCUT2D eigenvalue weighted by Crippen LogP contribution is -2.41. The monoisotopic (exact) mass is 350 g/mol. The molecule has 2 aromatic rings. The van der Waals surface area contributed by atoms with E-state index in [0.717, 1.165) is 12.8 Å². The number of sulfone groups is 1. The van der Waals surface area contributed by atoms with Crippen LogP contribution in [0.1, 0.15) is 29.0 Å². The van der Waals surface area contributed by atoms with Gasteiger partial charge < -0.3 is 14.6 Å². The first-order valence-electron chi connectivity index (χ1n) is 8.04. The highest BCUT2D eigenvalue weighted by Gasteiger charge is 2.33. The van der Waals surface area contributed by atoms with Gasteiger partial charge in [0, 0.05) is 36.3 Å². The normalized spacial score (nSPS) is 18.4. The van der Waals surface area contributed by atoms with Crippen molar-refractivity contribution < 1.29 is 17.6 Å². The molecular weight excluding hydrogens is 328 g/mol. The highest BCUT2D eigenvalue weighted by Crippen LogP contribution is 2.30. The van der Waals surface area contributed by atoms with Crippen molar-refractivity contribution in [2.24, 2.45) is 0 Å². The Morgan fingerprint density at radius 2 is 2.12 bits per heavy atom. The molecule has 1 saturated heterocycles. The third kappa shape index (κ3) is 3.32. The van der Waals surface area contributed by atoms with Gasteiger partial charge in [-0.1, -0.05) is 18.2 Å². The van der Waals surface area contributed by atoms with Crippen LogP contribution in [0, 0.1) is 0 Å². The molecule has 0 unspecified atom stereocenters. The van der Waals surface area contributed by atoms with Crippen molar-refractivity contribution in [1.82, 2.24) is 10.2 Å². The molecule has 1 amide bonds. The predicted molar refractivity (Wildman–Crippen MR) is 92.7 cm³/mol. The van der Waals surface area contributed by atoms with Gasteiger partial charge in [0.25, 0.3) is 5.91 Å². The van der Waals surface area contributed by atoms with E-state index in [9.17, 15) is 13.2 Å². The fourth-order valence-corrected chi connectivity index (χ4v) is 4.17. The number of carbonyl (C=O) groups is 1. The lowest BCUT2D eigenvalue weighted by molar-refractivity contribution is 0.0706. The number of nitrogens with one attached hydrogen (secondary N) is 1. The number of hydrogen-bond donors (Lipinski definition) is 1. The van der Waals surface area contributed by atoms with Gasteiger partial charge in [0.15, 0.2) is 15.6 Å². The van der Waals surface area contributed by atoms with Crippen molar-refractivity contribution in [1.29, 1.82) is 0 Å². The van der Waals surface area contributed by atoms with E-state index in [1.165, 1.54) is 6.26 Å². The zero-order valence-electron chi connectivity index (χ0n) is 13.9. The topological polar surface area (TPSA) is 79.6 Å². The molecular formula is C17H22N2O4S. The van der Waals surface area contributed by atoms with Crippen molar-refractivity contribution in [3.63, 3.8) is 0 Å². The van der Waals surface area contributed by atoms with E-state index in [0.29, 0.717) is 29.6 Å². The van der Waals surface area contributed by atoms with Gasteiger partial charge in [0.1, 0.15) is 5.58 Å². The molecule has 0 saturated carbocycles. The molecule has 130 valence electrons. The van der Waals surface area contributed by atoms with Crippen LogP contribution in [0.2, 0.25) is 0 Å². The number of nitrogens with zero attached hydrogens (tertiary/aromatic N) is 1. The predicted octanol–water partition coefficient (Wildman–Crippen LogP) is 1.80. The van der Waals surface area contributed by atoms with Gasteiger partial charge in [0.05, 0.1) is 5.75 Å². The molecule has 7 heteroatoms. The maximum absolute atomic E-state index is 13.0. The minimum Gasteiger partial charge on any atom is -0.451 e. The molecule has 1 aliphatic rings.